The molecule has 0 bridgehead atoms. The van der Waals surface area contributed by atoms with E-state index >= 15 is 0 Å². The van der Waals surface area contributed by atoms with E-state index in [9.17, 15) is 4.79 Å². The molecule has 0 aliphatic rings. The van der Waals surface area contributed by atoms with Gasteiger partial charge >= 0.3 is 0 Å². The molecule has 21 heavy (non-hydrogen) atoms. The predicted octanol–water partition coefficient (Wildman–Crippen LogP) is 4.17. The van der Waals surface area contributed by atoms with Crippen LogP contribution in [-0.2, 0) is 4.79 Å². The Bertz CT molecular complexity index is 807. The van der Waals surface area contributed by atoms with Gasteiger partial charge in [-0.05, 0) is 24.6 Å². The summed E-state index contributed by atoms with van der Waals surface area (Å²) in [4.78, 5) is 16.0. The van der Waals surface area contributed by atoms with Gasteiger partial charge in [-0.15, -0.1) is 0 Å². The van der Waals surface area contributed by atoms with Gasteiger partial charge in [0, 0.05) is 17.9 Å². The number of carbonyl (C=O) groups excluding carboxylic acids is 1. The van der Waals surface area contributed by atoms with Crippen LogP contribution < -0.4 is 5.32 Å². The van der Waals surface area contributed by atoms with Crippen LogP contribution in [-0.4, -0.2) is 10.9 Å². The molecule has 1 heterocycles. The maximum absolute atomic E-state index is 11.4. The number of nitrogens with zero attached hydrogens (tertiary/aromatic N) is 1. The van der Waals surface area contributed by atoms with Crippen molar-refractivity contribution in [3.05, 3.63) is 60.2 Å². The zero-order valence-corrected chi connectivity index (χ0v) is 12.1. The van der Waals surface area contributed by atoms with Crippen LogP contribution in [0.25, 0.3) is 22.0 Å². The van der Waals surface area contributed by atoms with Crippen LogP contribution in [0.5, 0.6) is 0 Å². The highest BCUT2D eigenvalue weighted by Gasteiger charge is 2.10. The lowest BCUT2D eigenvalue weighted by Gasteiger charge is -2.11. The average Bonchev–Trinajstić information content (AvgIpc) is 2.47. The highest BCUT2D eigenvalue weighted by Crippen LogP contribution is 2.30. The summed E-state index contributed by atoms with van der Waals surface area (Å²) in [6, 6.07) is 18.2. The first-order valence-corrected chi connectivity index (χ1v) is 6.88. The number of fused-ring (bicyclic) bond motifs is 1. The fraction of sp³-hybridized carbons (Fsp3) is 0.111. The van der Waals surface area contributed by atoms with Crippen molar-refractivity contribution in [3.63, 3.8) is 0 Å². The number of benzene rings is 2. The second-order valence-electron chi connectivity index (χ2n) is 5.12. The van der Waals surface area contributed by atoms with Crippen LogP contribution in [0.1, 0.15) is 12.5 Å². The third-order valence-electron chi connectivity index (χ3n) is 3.38. The van der Waals surface area contributed by atoms with Crippen LogP contribution >= 0.6 is 0 Å². The number of amides is 1. The third-order valence-corrected chi connectivity index (χ3v) is 3.38. The molecule has 0 atom stereocenters. The monoisotopic (exact) mass is 276 g/mol. The summed E-state index contributed by atoms with van der Waals surface area (Å²) in [6.45, 7) is 3.55. The Kier molecular flexibility index (Phi) is 3.40. The molecule has 0 spiro atoms. The number of nitrogens with one attached hydrogen (secondary N) is 1. The van der Waals surface area contributed by atoms with Crippen LogP contribution in [0.15, 0.2) is 54.6 Å². The summed E-state index contributed by atoms with van der Waals surface area (Å²) >= 11 is 0. The lowest BCUT2D eigenvalue weighted by molar-refractivity contribution is -0.114. The van der Waals surface area contributed by atoms with E-state index in [1.807, 2.05) is 36.4 Å². The summed E-state index contributed by atoms with van der Waals surface area (Å²) < 4.78 is 0. The van der Waals surface area contributed by atoms with E-state index in [0.717, 1.165) is 22.0 Å². The van der Waals surface area contributed by atoms with E-state index in [-0.39, 0.29) is 5.91 Å². The zero-order chi connectivity index (χ0) is 14.8. The van der Waals surface area contributed by atoms with Crippen LogP contribution in [0.3, 0.4) is 0 Å². The van der Waals surface area contributed by atoms with Gasteiger partial charge in [-0.1, -0.05) is 48.0 Å². The molecule has 0 aliphatic heterocycles. The molecule has 2 aromatic carbocycles. The van der Waals surface area contributed by atoms with Crippen molar-refractivity contribution in [1.29, 1.82) is 0 Å². The van der Waals surface area contributed by atoms with Gasteiger partial charge < -0.3 is 5.32 Å². The molecule has 104 valence electrons. The van der Waals surface area contributed by atoms with Gasteiger partial charge in [0.1, 0.15) is 5.82 Å². The number of carbonyl (C=O) groups is 1. The van der Waals surface area contributed by atoms with Gasteiger partial charge in [-0.25, -0.2) is 4.98 Å². The molecule has 1 N–H and O–H groups in total. The minimum absolute atomic E-state index is 0.119. The molecule has 1 aromatic heterocycles. The quantitative estimate of drug-likeness (QED) is 0.763. The number of pyridine rings is 1. The lowest BCUT2D eigenvalue weighted by atomic mass is 10.0. The fourth-order valence-electron chi connectivity index (χ4n) is 2.33. The molecule has 0 saturated heterocycles. The molecule has 0 unspecified atom stereocenters. The summed E-state index contributed by atoms with van der Waals surface area (Å²) in [5.74, 6) is 0.483. The van der Waals surface area contributed by atoms with Crippen molar-refractivity contribution in [2.75, 3.05) is 5.32 Å². The lowest BCUT2D eigenvalue weighted by Crippen LogP contribution is -2.09. The number of aryl methyl sites for hydroxylation is 1. The third kappa shape index (κ3) is 2.77. The Labute approximate surface area is 123 Å². The summed E-state index contributed by atoms with van der Waals surface area (Å²) in [5.41, 5.74) is 4.05. The molecule has 3 rings (SSSR count). The highest BCUT2D eigenvalue weighted by molar-refractivity contribution is 5.96. The Morgan fingerprint density at radius 2 is 1.76 bits per heavy atom. The molecule has 3 heteroatoms. The predicted molar refractivity (Wildman–Crippen MR) is 86.2 cm³/mol. The number of anilines is 1. The number of hydrogen-bond donors (Lipinski definition) is 1. The Morgan fingerprint density at radius 3 is 2.48 bits per heavy atom. The second-order valence-corrected chi connectivity index (χ2v) is 5.12. The molecular formula is C18H16N2O. The fourth-order valence-corrected chi connectivity index (χ4v) is 2.33. The van der Waals surface area contributed by atoms with Crippen molar-refractivity contribution >= 4 is 22.6 Å². The van der Waals surface area contributed by atoms with Crippen molar-refractivity contribution in [3.8, 4) is 11.1 Å². The largest absolute Gasteiger partial charge is 0.310 e. The molecule has 0 saturated carbocycles. The molecule has 3 nitrogen and oxygen atoms in total. The van der Waals surface area contributed by atoms with Crippen molar-refractivity contribution in [2.24, 2.45) is 0 Å². The van der Waals surface area contributed by atoms with Gasteiger partial charge in [0.15, 0.2) is 0 Å². The van der Waals surface area contributed by atoms with Crippen molar-refractivity contribution in [2.45, 2.75) is 13.8 Å². The number of rotatable bonds is 2. The van der Waals surface area contributed by atoms with E-state index in [2.05, 4.69) is 35.4 Å². The molecule has 0 radical (unpaired) electrons. The Hall–Kier alpha value is -2.68. The molecule has 3 aromatic rings. The maximum Gasteiger partial charge on any atom is 0.222 e. The minimum atomic E-state index is -0.119. The number of para-hydroxylation sites is 1. The first-order chi connectivity index (χ1) is 10.1. The van der Waals surface area contributed by atoms with Gasteiger partial charge in [-0.2, -0.15) is 0 Å². The molecule has 0 fully saturated rings. The van der Waals surface area contributed by atoms with Gasteiger partial charge in [-0.3, -0.25) is 4.79 Å². The highest BCUT2D eigenvalue weighted by atomic mass is 16.1. The SMILES string of the molecule is CC(=O)Nc1nc2ccccc2cc1-c1ccc(C)cc1. The summed E-state index contributed by atoms with van der Waals surface area (Å²) in [6.07, 6.45) is 0. The van der Waals surface area contributed by atoms with E-state index in [1.165, 1.54) is 12.5 Å². The first kappa shape index (κ1) is 13.3. The average molecular weight is 276 g/mol. The van der Waals surface area contributed by atoms with E-state index in [4.69, 9.17) is 0 Å². The smallest absolute Gasteiger partial charge is 0.222 e. The molecule has 1 amide bonds. The molecule has 0 aliphatic carbocycles. The number of aromatic nitrogens is 1. The first-order valence-electron chi connectivity index (χ1n) is 6.88. The minimum Gasteiger partial charge on any atom is -0.310 e. The summed E-state index contributed by atoms with van der Waals surface area (Å²) in [5, 5.41) is 3.89. The van der Waals surface area contributed by atoms with Crippen LogP contribution in [0.2, 0.25) is 0 Å². The zero-order valence-electron chi connectivity index (χ0n) is 12.1. The number of hydrogen-bond acceptors (Lipinski definition) is 2. The molecular weight excluding hydrogens is 260 g/mol. The van der Waals surface area contributed by atoms with Gasteiger partial charge in [0.05, 0.1) is 5.52 Å². The van der Waals surface area contributed by atoms with Crippen molar-refractivity contribution < 1.29 is 4.79 Å². The standard InChI is InChI=1S/C18H16N2O/c1-12-7-9-14(10-8-12)16-11-15-5-3-4-6-17(15)20-18(16)19-13(2)21/h3-11H,1-2H3,(H,19,20,21). The van der Waals surface area contributed by atoms with Crippen LogP contribution in [0.4, 0.5) is 5.82 Å². The Balaban J connectivity index is 2.22. The normalized spacial score (nSPS) is 10.6. The van der Waals surface area contributed by atoms with E-state index in [0.29, 0.717) is 5.82 Å². The van der Waals surface area contributed by atoms with E-state index < -0.39 is 0 Å². The van der Waals surface area contributed by atoms with E-state index in [1.54, 1.807) is 0 Å². The van der Waals surface area contributed by atoms with Crippen LogP contribution in [0, 0.1) is 6.92 Å². The van der Waals surface area contributed by atoms with Gasteiger partial charge in [0.2, 0.25) is 5.91 Å². The van der Waals surface area contributed by atoms with Gasteiger partial charge in [0.25, 0.3) is 0 Å². The Morgan fingerprint density at radius 1 is 1.05 bits per heavy atom. The summed E-state index contributed by atoms with van der Waals surface area (Å²) in [7, 11) is 0. The van der Waals surface area contributed by atoms with Crippen molar-refractivity contribution in [1.82, 2.24) is 4.98 Å². The second kappa shape index (κ2) is 5.37. The maximum atomic E-state index is 11.4. The topological polar surface area (TPSA) is 42.0 Å².